The minimum atomic E-state index is -0.298. The first-order chi connectivity index (χ1) is 15.0. The van der Waals surface area contributed by atoms with E-state index in [9.17, 15) is 9.18 Å². The third-order valence-corrected chi connectivity index (χ3v) is 6.39. The molecule has 1 aromatic heterocycles. The number of halogens is 1. The molecule has 156 valence electrons. The van der Waals surface area contributed by atoms with Crippen LogP contribution in [0.15, 0.2) is 84.9 Å². The zero-order valence-electron chi connectivity index (χ0n) is 17.4. The number of rotatable bonds is 6. The second-order valence-electron chi connectivity index (χ2n) is 7.34. The molecule has 0 fully saturated rings. The fourth-order valence-electron chi connectivity index (χ4n) is 3.56. The van der Waals surface area contributed by atoms with Crippen molar-refractivity contribution in [1.29, 1.82) is 0 Å². The molecule has 0 bridgehead atoms. The lowest BCUT2D eigenvalue weighted by Crippen LogP contribution is -2.17. The summed E-state index contributed by atoms with van der Waals surface area (Å²) < 4.78 is 13.8. The predicted molar refractivity (Wildman–Crippen MR) is 126 cm³/mol. The van der Waals surface area contributed by atoms with Crippen LogP contribution in [0.25, 0.3) is 0 Å². The summed E-state index contributed by atoms with van der Waals surface area (Å²) in [6.07, 6.45) is 0. The number of carbonyl (C=O) groups excluding carboxylic acids is 1. The Morgan fingerprint density at radius 2 is 1.58 bits per heavy atom. The average Bonchev–Trinajstić information content (AvgIpc) is 3.06. The summed E-state index contributed by atoms with van der Waals surface area (Å²) >= 11 is 1.55. The van der Waals surface area contributed by atoms with E-state index >= 15 is 0 Å². The quantitative estimate of drug-likeness (QED) is 0.347. The summed E-state index contributed by atoms with van der Waals surface area (Å²) in [5.74, 6) is -0.451. The van der Waals surface area contributed by atoms with Crippen molar-refractivity contribution in [3.05, 3.63) is 118 Å². The highest BCUT2D eigenvalue weighted by Gasteiger charge is 2.25. The molecule has 3 nitrogen and oxygen atoms in total. The molecule has 0 spiro atoms. The van der Waals surface area contributed by atoms with E-state index in [0.717, 1.165) is 26.6 Å². The van der Waals surface area contributed by atoms with E-state index < -0.39 is 0 Å². The topological polar surface area (TPSA) is 41.1 Å². The van der Waals surface area contributed by atoms with Crippen LogP contribution in [0.4, 0.5) is 15.1 Å². The van der Waals surface area contributed by atoms with Gasteiger partial charge in [-0.1, -0.05) is 54.6 Å². The first-order valence-electron chi connectivity index (χ1n) is 10.1. The molecular formula is C26H23FN2OS. The lowest BCUT2D eigenvalue weighted by molar-refractivity contribution is 0.102. The van der Waals surface area contributed by atoms with E-state index in [1.807, 2.05) is 61.5 Å². The summed E-state index contributed by atoms with van der Waals surface area (Å²) in [4.78, 5) is 14.0. The normalized spacial score (nSPS) is 11.7. The highest BCUT2D eigenvalue weighted by Crippen LogP contribution is 2.41. The van der Waals surface area contributed by atoms with Crippen LogP contribution in [-0.2, 0) is 0 Å². The van der Waals surface area contributed by atoms with Crippen molar-refractivity contribution in [3.8, 4) is 0 Å². The number of benzene rings is 3. The molecule has 0 saturated heterocycles. The van der Waals surface area contributed by atoms with Gasteiger partial charge in [0.1, 0.15) is 10.8 Å². The first-order valence-corrected chi connectivity index (χ1v) is 10.9. The van der Waals surface area contributed by atoms with Crippen LogP contribution < -0.4 is 10.6 Å². The summed E-state index contributed by atoms with van der Waals surface area (Å²) in [5.41, 5.74) is 4.40. The monoisotopic (exact) mass is 430 g/mol. The molecule has 0 aliphatic rings. The molecule has 1 heterocycles. The molecule has 0 radical (unpaired) electrons. The second-order valence-corrected chi connectivity index (χ2v) is 8.57. The molecule has 4 aromatic rings. The number of aryl methyl sites for hydroxylation is 1. The van der Waals surface area contributed by atoms with Crippen molar-refractivity contribution >= 4 is 27.9 Å². The Hall–Kier alpha value is -3.44. The number of hydrogen-bond donors (Lipinski definition) is 2. The van der Waals surface area contributed by atoms with Crippen molar-refractivity contribution in [2.45, 2.75) is 19.9 Å². The van der Waals surface area contributed by atoms with Gasteiger partial charge in [-0.05, 0) is 55.3 Å². The average molecular weight is 431 g/mol. The van der Waals surface area contributed by atoms with Crippen LogP contribution in [0.5, 0.6) is 0 Å². The van der Waals surface area contributed by atoms with Gasteiger partial charge in [0, 0.05) is 21.7 Å². The molecule has 4 rings (SSSR count). The fraction of sp³-hybridized carbons (Fsp3) is 0.115. The van der Waals surface area contributed by atoms with E-state index in [4.69, 9.17) is 0 Å². The maximum absolute atomic E-state index is 13.8. The maximum Gasteiger partial charge on any atom is 0.256 e. The van der Waals surface area contributed by atoms with Crippen LogP contribution in [0.2, 0.25) is 0 Å². The summed E-state index contributed by atoms with van der Waals surface area (Å²) in [5, 5.41) is 7.37. The van der Waals surface area contributed by atoms with E-state index in [2.05, 4.69) is 17.6 Å². The standard InChI is InChI=1S/C26H23FN2OS/c1-17-18(2)31-26(29-25(30)20-12-7-4-8-13-20)23(17)24(19-10-5-3-6-11-19)28-22-15-9-14-21(27)16-22/h3-16,24,28H,1-2H3,(H,29,30). The van der Waals surface area contributed by atoms with Crippen LogP contribution in [0.3, 0.4) is 0 Å². The van der Waals surface area contributed by atoms with Gasteiger partial charge in [-0.3, -0.25) is 4.79 Å². The second kappa shape index (κ2) is 9.14. The van der Waals surface area contributed by atoms with Gasteiger partial charge in [-0.2, -0.15) is 0 Å². The lowest BCUT2D eigenvalue weighted by Gasteiger charge is -2.23. The Kier molecular flexibility index (Phi) is 6.14. The van der Waals surface area contributed by atoms with Crippen LogP contribution in [0, 0.1) is 19.7 Å². The molecule has 2 N–H and O–H groups in total. The van der Waals surface area contributed by atoms with Gasteiger partial charge >= 0.3 is 0 Å². The Bertz CT molecular complexity index is 1190. The van der Waals surface area contributed by atoms with Crippen LogP contribution in [0.1, 0.15) is 38.0 Å². The van der Waals surface area contributed by atoms with Crippen molar-refractivity contribution in [3.63, 3.8) is 0 Å². The SMILES string of the molecule is Cc1sc(NC(=O)c2ccccc2)c(C(Nc2cccc(F)c2)c2ccccc2)c1C. The van der Waals surface area contributed by atoms with E-state index in [0.29, 0.717) is 11.3 Å². The van der Waals surface area contributed by atoms with Crippen molar-refractivity contribution in [2.24, 2.45) is 0 Å². The van der Waals surface area contributed by atoms with Gasteiger partial charge in [-0.15, -0.1) is 11.3 Å². The minimum Gasteiger partial charge on any atom is -0.374 e. The Balaban J connectivity index is 1.76. The maximum atomic E-state index is 13.8. The van der Waals surface area contributed by atoms with E-state index in [1.54, 1.807) is 29.5 Å². The van der Waals surface area contributed by atoms with Gasteiger partial charge in [0.25, 0.3) is 5.91 Å². The predicted octanol–water partition coefficient (Wildman–Crippen LogP) is 6.96. The molecule has 3 aromatic carbocycles. The van der Waals surface area contributed by atoms with Crippen LogP contribution >= 0.6 is 11.3 Å². The zero-order valence-corrected chi connectivity index (χ0v) is 18.2. The van der Waals surface area contributed by atoms with Gasteiger partial charge in [-0.25, -0.2) is 4.39 Å². The smallest absolute Gasteiger partial charge is 0.256 e. The Morgan fingerprint density at radius 1 is 0.903 bits per heavy atom. The summed E-state index contributed by atoms with van der Waals surface area (Å²) in [6, 6.07) is 25.3. The Labute approximate surface area is 185 Å². The molecule has 5 heteroatoms. The van der Waals surface area contributed by atoms with Gasteiger partial charge in [0.15, 0.2) is 0 Å². The van der Waals surface area contributed by atoms with Gasteiger partial charge < -0.3 is 10.6 Å². The molecule has 1 atom stereocenters. The van der Waals surface area contributed by atoms with Gasteiger partial charge in [0.05, 0.1) is 6.04 Å². The molecule has 0 aliphatic carbocycles. The van der Waals surface area contributed by atoms with E-state index in [-0.39, 0.29) is 17.8 Å². The molecular weight excluding hydrogens is 407 g/mol. The number of carbonyl (C=O) groups is 1. The molecule has 1 unspecified atom stereocenters. The van der Waals surface area contributed by atoms with E-state index in [1.165, 1.54) is 12.1 Å². The first kappa shape index (κ1) is 20.8. The fourth-order valence-corrected chi connectivity index (χ4v) is 4.66. The number of thiophene rings is 1. The third-order valence-electron chi connectivity index (χ3n) is 5.25. The zero-order chi connectivity index (χ0) is 21.8. The van der Waals surface area contributed by atoms with Crippen LogP contribution in [-0.4, -0.2) is 5.91 Å². The third kappa shape index (κ3) is 4.67. The summed E-state index contributed by atoms with van der Waals surface area (Å²) in [6.45, 7) is 4.11. The number of anilines is 2. The minimum absolute atomic E-state index is 0.152. The van der Waals surface area contributed by atoms with Crippen molar-refractivity contribution < 1.29 is 9.18 Å². The summed E-state index contributed by atoms with van der Waals surface area (Å²) in [7, 11) is 0. The highest BCUT2D eigenvalue weighted by atomic mass is 32.1. The van der Waals surface area contributed by atoms with Crippen molar-refractivity contribution in [1.82, 2.24) is 0 Å². The molecule has 1 amide bonds. The Morgan fingerprint density at radius 3 is 2.26 bits per heavy atom. The largest absolute Gasteiger partial charge is 0.374 e. The number of hydrogen-bond acceptors (Lipinski definition) is 3. The van der Waals surface area contributed by atoms with Crippen molar-refractivity contribution in [2.75, 3.05) is 10.6 Å². The number of nitrogens with one attached hydrogen (secondary N) is 2. The molecule has 0 saturated carbocycles. The molecule has 31 heavy (non-hydrogen) atoms. The highest BCUT2D eigenvalue weighted by molar-refractivity contribution is 7.16. The molecule has 0 aliphatic heterocycles. The lowest BCUT2D eigenvalue weighted by atomic mass is 9.96. The van der Waals surface area contributed by atoms with Gasteiger partial charge in [0.2, 0.25) is 0 Å². The number of amides is 1.